The molecule has 6 aromatic rings. The van der Waals surface area contributed by atoms with E-state index in [0.29, 0.717) is 4.90 Å². The number of unbranched alkanes of at least 4 members (excludes halogenated alkanes) is 28. The molecule has 70 heavy (non-hydrogen) atoms. The van der Waals surface area contributed by atoms with Gasteiger partial charge in [0.1, 0.15) is 0 Å². The zero-order chi connectivity index (χ0) is 49.5. The van der Waals surface area contributed by atoms with E-state index < -0.39 is 21.4 Å². The van der Waals surface area contributed by atoms with E-state index >= 15 is 0 Å². The first-order valence-corrected chi connectivity index (χ1v) is 32.9. The van der Waals surface area contributed by atoms with E-state index in [1.807, 2.05) is 57.5 Å². The Labute approximate surface area is 443 Å². The maximum Gasteiger partial charge on any atom is 0.335 e. The van der Waals surface area contributed by atoms with Crippen LogP contribution in [-0.4, -0.2) is 16.8 Å². The first kappa shape index (κ1) is 58.2. The van der Waals surface area contributed by atoms with Crippen LogP contribution in [0.4, 0.5) is 0 Å². The van der Waals surface area contributed by atoms with E-state index in [-0.39, 0.29) is 0 Å². The van der Waals surface area contributed by atoms with Gasteiger partial charge in [-0.15, -0.1) is 45.3 Å². The zero-order valence-electron chi connectivity index (χ0n) is 42.8. The summed E-state index contributed by atoms with van der Waals surface area (Å²) in [7, 11) is -3.54. The Kier molecular flexibility index (Phi) is 28.8. The summed E-state index contributed by atoms with van der Waals surface area (Å²) in [6.45, 7) is 4.60. The molecule has 0 bridgehead atoms. The molecule has 0 saturated carbocycles. The number of fused-ring (bicyclic) bond motifs is 5. The molecule has 2 aromatic carbocycles. The third kappa shape index (κ3) is 19.9. The van der Waals surface area contributed by atoms with Crippen molar-refractivity contribution in [1.82, 2.24) is 0 Å². The Hall–Kier alpha value is -2.73. The predicted molar refractivity (Wildman–Crippen MR) is 315 cm³/mol. The van der Waals surface area contributed by atoms with Crippen LogP contribution in [0.3, 0.4) is 0 Å². The van der Waals surface area contributed by atoms with Gasteiger partial charge in [-0.25, -0.2) is 8.42 Å². The molecule has 10 heteroatoms. The average molecular weight is 1060 g/mol. The fraction of sp³-hybridized carbons (Fsp3) is 0.567. The number of aryl methyl sites for hydroxylation is 2. The molecule has 0 aliphatic heterocycles. The zero-order valence-corrected chi connectivity index (χ0v) is 47.7. The Morgan fingerprint density at radius 3 is 1.07 bits per heavy atom. The molecule has 0 atom stereocenters. The van der Waals surface area contributed by atoms with Gasteiger partial charge >= 0.3 is 11.6 Å². The van der Waals surface area contributed by atoms with Crippen molar-refractivity contribution < 1.29 is 16.8 Å². The highest BCUT2D eigenvalue weighted by molar-refractivity contribution is 7.94. The lowest BCUT2D eigenvalue weighted by Gasteiger charge is -2.04. The van der Waals surface area contributed by atoms with Crippen molar-refractivity contribution in [1.29, 1.82) is 0 Å². The van der Waals surface area contributed by atoms with Gasteiger partial charge in [0.25, 0.3) is 0 Å². The molecule has 384 valence electrons. The first-order chi connectivity index (χ1) is 34.4. The van der Waals surface area contributed by atoms with Crippen LogP contribution in [0, 0.1) is 0 Å². The van der Waals surface area contributed by atoms with Crippen LogP contribution in [0.15, 0.2) is 71.0 Å². The summed E-state index contributed by atoms with van der Waals surface area (Å²) in [5.41, 5.74) is 4.14. The Balaban J connectivity index is 0.00000296. The van der Waals surface area contributed by atoms with Crippen LogP contribution >= 0.6 is 45.3 Å². The number of hydrogen-bond donors (Lipinski definition) is 0. The third-order valence-corrected chi connectivity index (χ3v) is 20.8. The fourth-order valence-corrected chi connectivity index (χ4v) is 16.9. The molecule has 0 saturated heterocycles. The molecule has 0 aliphatic carbocycles. The van der Waals surface area contributed by atoms with Gasteiger partial charge in [-0.1, -0.05) is 248 Å². The molecule has 6 rings (SSSR count). The minimum Gasteiger partial charge on any atom is -0.219 e. The largest absolute Gasteiger partial charge is 0.335 e. The van der Waals surface area contributed by atoms with Crippen LogP contribution in [0.5, 0.6) is 0 Å². The molecule has 0 N–H and O–H groups in total. The van der Waals surface area contributed by atoms with Crippen LogP contribution < -0.4 is 0 Å². The van der Waals surface area contributed by atoms with Crippen molar-refractivity contribution >= 4 is 113 Å². The number of benzene rings is 2. The summed E-state index contributed by atoms with van der Waals surface area (Å²) in [6, 6.07) is 19.6. The van der Waals surface area contributed by atoms with Gasteiger partial charge in [-0.2, -0.15) is 8.42 Å². The van der Waals surface area contributed by atoms with Crippen molar-refractivity contribution in [3.05, 3.63) is 92.5 Å². The average Bonchev–Trinajstić information content (AvgIpc) is 4.10. The second kappa shape index (κ2) is 34.6. The summed E-state index contributed by atoms with van der Waals surface area (Å²) in [6.07, 6.45) is 49.9. The van der Waals surface area contributed by atoms with E-state index in [4.69, 9.17) is 8.42 Å². The number of rotatable bonds is 37. The molecule has 4 nitrogen and oxygen atoms in total. The van der Waals surface area contributed by atoms with E-state index in [2.05, 4.69) is 56.3 Å². The number of sulfone groups is 1. The predicted octanol–water partition coefficient (Wildman–Crippen LogP) is 21.2. The van der Waals surface area contributed by atoms with Crippen LogP contribution in [0.2, 0.25) is 0 Å². The summed E-state index contributed by atoms with van der Waals surface area (Å²) in [5.74, 6) is 0. The quantitative estimate of drug-likeness (QED) is 0.0365. The van der Waals surface area contributed by atoms with E-state index in [0.717, 1.165) is 24.1 Å². The van der Waals surface area contributed by atoms with Gasteiger partial charge in [-0.3, -0.25) is 0 Å². The summed E-state index contributed by atoms with van der Waals surface area (Å²) in [5, 5.41) is 1.46. The monoisotopic (exact) mass is 1060 g/mol. The molecular weight excluding hydrogens is 977 g/mol. The maximum absolute atomic E-state index is 13.5. The fourth-order valence-electron chi connectivity index (χ4n) is 9.71. The Bertz CT molecular complexity index is 2530. The molecule has 4 aromatic heterocycles. The standard InChI is InChI=1S/C60H84O2S5.O2S/c1-3-5-7-9-11-13-15-17-19-21-23-25-27-29-37-43-51-53(46-45-49-39-33-31-34-40-49)63-57-55(51)65-60-58-56(66-59(57)60)52(54(64-58)47-48-67(61,62)50-41-35-32-36-42-50)44-38-30-28-26-24-22-20-18-16-14-12-10-8-6-4-2;1-3-2/h31-36,39-42,45-48H,3-30,37-38,43-44H2,1-2H3;/b46-45+,48-47+;. The van der Waals surface area contributed by atoms with E-state index in [9.17, 15) is 8.42 Å². The lowest BCUT2D eigenvalue weighted by molar-refractivity contribution is 0.532. The highest BCUT2D eigenvalue weighted by Crippen LogP contribution is 2.53. The van der Waals surface area contributed by atoms with Crippen molar-refractivity contribution in [3.8, 4) is 0 Å². The van der Waals surface area contributed by atoms with Gasteiger partial charge in [0.2, 0.25) is 0 Å². The topological polar surface area (TPSA) is 68.3 Å². The van der Waals surface area contributed by atoms with Crippen molar-refractivity contribution in [2.45, 2.75) is 224 Å². The smallest absolute Gasteiger partial charge is 0.219 e. The van der Waals surface area contributed by atoms with Gasteiger partial charge < -0.3 is 0 Å². The van der Waals surface area contributed by atoms with Gasteiger partial charge in [-0.05, 0) is 66.7 Å². The highest BCUT2D eigenvalue weighted by Gasteiger charge is 2.23. The minimum absolute atomic E-state index is 0.355. The molecule has 4 heterocycles. The third-order valence-electron chi connectivity index (χ3n) is 13.8. The van der Waals surface area contributed by atoms with Crippen LogP contribution in [-0.2, 0) is 34.2 Å². The number of thiophene rings is 4. The lowest BCUT2D eigenvalue weighted by Crippen LogP contribution is -1.95. The van der Waals surface area contributed by atoms with Gasteiger partial charge in [0.05, 0.1) is 33.1 Å². The highest BCUT2D eigenvalue weighted by atomic mass is 32.2. The van der Waals surface area contributed by atoms with Crippen molar-refractivity contribution in [3.63, 3.8) is 0 Å². The van der Waals surface area contributed by atoms with Crippen LogP contribution in [0.1, 0.15) is 233 Å². The molecule has 0 spiro atoms. The van der Waals surface area contributed by atoms with E-state index in [1.165, 1.54) is 241 Å². The van der Waals surface area contributed by atoms with Crippen LogP contribution in [0.25, 0.3) is 46.4 Å². The molecular formula is C60H84O4S6. The summed E-state index contributed by atoms with van der Waals surface area (Å²) in [4.78, 5) is 2.89. The Morgan fingerprint density at radius 2 is 0.700 bits per heavy atom. The van der Waals surface area contributed by atoms with Gasteiger partial charge in [0, 0.05) is 15.2 Å². The van der Waals surface area contributed by atoms with Crippen molar-refractivity contribution in [2.24, 2.45) is 0 Å². The minimum atomic E-state index is -3.54. The normalized spacial score (nSPS) is 12.1. The summed E-state index contributed by atoms with van der Waals surface area (Å²) < 4.78 is 52.0. The molecule has 0 aliphatic rings. The summed E-state index contributed by atoms with van der Waals surface area (Å²) >= 11 is 7.03. The molecule has 0 amide bonds. The second-order valence-corrected chi connectivity index (χ2v) is 25.6. The SMILES string of the molecule is CCCCCCCCCCCCCCCCCc1c(/C=C/c2ccccc2)sc2c1sc1c3sc(/C=C/S(=O)(=O)c4ccccc4)c(CCCCCCCCCCCCCCCCC)c3sc21.O=S=O. The molecule has 0 radical (unpaired) electrons. The Morgan fingerprint density at radius 1 is 0.386 bits per heavy atom. The maximum atomic E-state index is 13.5. The first-order valence-electron chi connectivity index (χ1n) is 27.5. The molecule has 0 fully saturated rings. The number of hydrogen-bond acceptors (Lipinski definition) is 8. The molecule has 0 unspecified atom stereocenters. The lowest BCUT2D eigenvalue weighted by atomic mass is 10.0. The second-order valence-electron chi connectivity index (χ2n) is 19.4. The van der Waals surface area contributed by atoms with Gasteiger partial charge in [0.15, 0.2) is 9.84 Å². The van der Waals surface area contributed by atoms with E-state index in [1.54, 1.807) is 24.3 Å². The van der Waals surface area contributed by atoms with Crippen molar-refractivity contribution in [2.75, 3.05) is 0 Å².